The maximum Gasteiger partial charge on any atom is 0.255 e. The van der Waals surface area contributed by atoms with Crippen LogP contribution in [0.5, 0.6) is 5.75 Å². The van der Waals surface area contributed by atoms with Gasteiger partial charge in [-0.2, -0.15) is 0 Å². The molecule has 2 fully saturated rings. The summed E-state index contributed by atoms with van der Waals surface area (Å²) in [5, 5.41) is 5.91. The molecule has 0 aromatic heterocycles. The molecule has 8 nitrogen and oxygen atoms in total. The molecule has 2 N–H and O–H groups in total. The van der Waals surface area contributed by atoms with Crippen molar-refractivity contribution in [2.45, 2.75) is 44.9 Å². The number of benzene rings is 1. The Hall–Kier alpha value is -2.61. The largest absolute Gasteiger partial charge is 0.493 e. The molecule has 3 heterocycles. The SMILES string of the molecule is O=C1NCCNC(=O)C2(CCCCOc3ccccc31)CCN(C(=O)C1CCOCC1)CC2. The van der Waals surface area contributed by atoms with Gasteiger partial charge < -0.3 is 25.0 Å². The second kappa shape index (κ2) is 11.0. The van der Waals surface area contributed by atoms with Gasteiger partial charge in [-0.25, -0.2) is 0 Å². The van der Waals surface area contributed by atoms with Crippen LogP contribution in [-0.4, -0.2) is 68.6 Å². The van der Waals surface area contributed by atoms with Crippen LogP contribution in [0.4, 0.5) is 0 Å². The molecule has 1 aromatic rings. The van der Waals surface area contributed by atoms with Gasteiger partial charge in [0.1, 0.15) is 5.75 Å². The van der Waals surface area contributed by atoms with E-state index >= 15 is 0 Å². The minimum Gasteiger partial charge on any atom is -0.493 e. The lowest BCUT2D eigenvalue weighted by Gasteiger charge is -2.42. The van der Waals surface area contributed by atoms with Gasteiger partial charge in [-0.3, -0.25) is 14.4 Å². The number of hydrogen-bond acceptors (Lipinski definition) is 5. The Labute approximate surface area is 195 Å². The number of carbonyl (C=O) groups is 3. The highest BCUT2D eigenvalue weighted by molar-refractivity contribution is 5.97. The smallest absolute Gasteiger partial charge is 0.255 e. The Balaban J connectivity index is 1.38. The van der Waals surface area contributed by atoms with Crippen molar-refractivity contribution < 1.29 is 23.9 Å². The van der Waals surface area contributed by atoms with Crippen molar-refractivity contribution in [3.8, 4) is 5.75 Å². The Bertz CT molecular complexity index is 844. The molecule has 1 aromatic carbocycles. The minimum absolute atomic E-state index is 0.0355. The quantitative estimate of drug-likeness (QED) is 0.674. The number of piperidine rings is 1. The molecule has 8 heteroatoms. The molecule has 180 valence electrons. The normalized spacial score (nSPS) is 23.0. The molecular weight excluding hydrogens is 422 g/mol. The monoisotopic (exact) mass is 457 g/mol. The van der Waals surface area contributed by atoms with E-state index in [2.05, 4.69) is 10.6 Å². The van der Waals surface area contributed by atoms with E-state index < -0.39 is 5.41 Å². The average molecular weight is 458 g/mol. The van der Waals surface area contributed by atoms with Crippen LogP contribution in [0.15, 0.2) is 24.3 Å². The van der Waals surface area contributed by atoms with Gasteiger partial charge in [0.2, 0.25) is 11.8 Å². The van der Waals surface area contributed by atoms with E-state index in [0.717, 1.165) is 32.1 Å². The number of carbonyl (C=O) groups excluding carboxylic acids is 3. The second-order valence-corrected chi connectivity index (χ2v) is 9.31. The summed E-state index contributed by atoms with van der Waals surface area (Å²) in [6.45, 7) is 3.76. The molecule has 0 saturated carbocycles. The second-order valence-electron chi connectivity index (χ2n) is 9.31. The molecule has 33 heavy (non-hydrogen) atoms. The summed E-state index contributed by atoms with van der Waals surface area (Å²) in [7, 11) is 0. The molecule has 0 unspecified atom stereocenters. The number of likely N-dealkylation sites (tertiary alicyclic amines) is 1. The fourth-order valence-electron chi connectivity index (χ4n) is 5.11. The summed E-state index contributed by atoms with van der Waals surface area (Å²) in [5.41, 5.74) is 0.0392. The Morgan fingerprint density at radius 2 is 1.67 bits per heavy atom. The van der Waals surface area contributed by atoms with Crippen LogP contribution in [0, 0.1) is 11.3 Å². The molecule has 1 spiro atoms. The molecule has 0 bridgehead atoms. The van der Waals surface area contributed by atoms with Crippen molar-refractivity contribution in [2.24, 2.45) is 11.3 Å². The van der Waals surface area contributed by atoms with Gasteiger partial charge in [-0.15, -0.1) is 0 Å². The fraction of sp³-hybridized carbons (Fsp3) is 0.640. The van der Waals surface area contributed by atoms with Crippen LogP contribution < -0.4 is 15.4 Å². The first-order valence-corrected chi connectivity index (χ1v) is 12.2. The number of para-hydroxylation sites is 1. The van der Waals surface area contributed by atoms with Gasteiger partial charge in [0, 0.05) is 45.3 Å². The van der Waals surface area contributed by atoms with E-state index in [1.165, 1.54) is 0 Å². The van der Waals surface area contributed by atoms with Gasteiger partial charge >= 0.3 is 0 Å². The summed E-state index contributed by atoms with van der Waals surface area (Å²) in [4.78, 5) is 40.7. The first kappa shape index (κ1) is 23.5. The predicted octanol–water partition coefficient (Wildman–Crippen LogP) is 2.13. The van der Waals surface area contributed by atoms with Gasteiger partial charge in [0.25, 0.3) is 5.91 Å². The zero-order chi connectivity index (χ0) is 23.1. The maximum absolute atomic E-state index is 13.2. The molecule has 4 rings (SSSR count). The van der Waals surface area contributed by atoms with Crippen molar-refractivity contribution in [3.05, 3.63) is 29.8 Å². The standard InChI is InChI=1S/C25H35N3O5/c29-22-20-5-1-2-6-21(20)33-16-4-3-9-25(24(31)27-13-12-26-22)10-14-28(15-11-25)23(30)19-7-17-32-18-8-19/h1-2,5-6,19H,3-4,7-18H2,(H,26,29)(H,27,31). The number of nitrogens with zero attached hydrogens (tertiary/aromatic N) is 1. The van der Waals surface area contributed by atoms with Gasteiger partial charge in [-0.05, 0) is 57.1 Å². The highest BCUT2D eigenvalue weighted by Gasteiger charge is 2.42. The minimum atomic E-state index is -0.474. The molecular formula is C25H35N3O5. The summed E-state index contributed by atoms with van der Waals surface area (Å²) < 4.78 is 11.3. The van der Waals surface area contributed by atoms with Crippen LogP contribution in [0.25, 0.3) is 0 Å². The Morgan fingerprint density at radius 1 is 0.939 bits per heavy atom. The van der Waals surface area contributed by atoms with Crippen molar-refractivity contribution in [3.63, 3.8) is 0 Å². The Morgan fingerprint density at radius 3 is 2.45 bits per heavy atom. The van der Waals surface area contributed by atoms with Crippen molar-refractivity contribution in [1.29, 1.82) is 0 Å². The summed E-state index contributed by atoms with van der Waals surface area (Å²) in [6.07, 6.45) is 5.35. The first-order chi connectivity index (χ1) is 16.1. The van der Waals surface area contributed by atoms with Crippen LogP contribution >= 0.6 is 0 Å². The van der Waals surface area contributed by atoms with Crippen molar-refractivity contribution in [1.82, 2.24) is 15.5 Å². The molecule has 0 aliphatic carbocycles. The molecule has 3 amide bonds. The molecule has 2 saturated heterocycles. The van der Waals surface area contributed by atoms with E-state index in [-0.39, 0.29) is 23.6 Å². The van der Waals surface area contributed by atoms with E-state index in [1.54, 1.807) is 6.07 Å². The van der Waals surface area contributed by atoms with Crippen LogP contribution in [-0.2, 0) is 14.3 Å². The summed E-state index contributed by atoms with van der Waals surface area (Å²) >= 11 is 0. The number of rotatable bonds is 1. The highest BCUT2D eigenvalue weighted by Crippen LogP contribution is 2.38. The van der Waals surface area contributed by atoms with Crippen LogP contribution in [0.2, 0.25) is 0 Å². The molecule has 3 aliphatic rings. The number of amides is 3. The lowest BCUT2D eigenvalue weighted by Crippen LogP contribution is -2.52. The van der Waals surface area contributed by atoms with Crippen molar-refractivity contribution in [2.75, 3.05) is 46.0 Å². The highest BCUT2D eigenvalue weighted by atomic mass is 16.5. The maximum atomic E-state index is 13.2. The van der Waals surface area contributed by atoms with Gasteiger partial charge in [-0.1, -0.05) is 12.1 Å². The third-order valence-electron chi connectivity index (χ3n) is 7.22. The fourth-order valence-corrected chi connectivity index (χ4v) is 5.11. The number of fused-ring (bicyclic) bond motifs is 1. The molecule has 0 radical (unpaired) electrons. The zero-order valence-electron chi connectivity index (χ0n) is 19.3. The van der Waals surface area contributed by atoms with Gasteiger partial charge in [0.15, 0.2) is 0 Å². The third kappa shape index (κ3) is 5.66. The van der Waals surface area contributed by atoms with Crippen LogP contribution in [0.3, 0.4) is 0 Å². The van der Waals surface area contributed by atoms with E-state index in [4.69, 9.17) is 9.47 Å². The van der Waals surface area contributed by atoms with E-state index in [1.807, 2.05) is 23.1 Å². The first-order valence-electron chi connectivity index (χ1n) is 12.2. The van der Waals surface area contributed by atoms with Crippen molar-refractivity contribution >= 4 is 17.7 Å². The van der Waals surface area contributed by atoms with Gasteiger partial charge in [0.05, 0.1) is 17.6 Å². The number of ether oxygens (including phenoxy) is 2. The Kier molecular flexibility index (Phi) is 7.85. The topological polar surface area (TPSA) is 97.0 Å². The zero-order valence-corrected chi connectivity index (χ0v) is 19.3. The molecule has 3 aliphatic heterocycles. The summed E-state index contributed by atoms with van der Waals surface area (Å²) in [6, 6.07) is 7.24. The third-order valence-corrected chi connectivity index (χ3v) is 7.22. The van der Waals surface area contributed by atoms with E-state index in [9.17, 15) is 14.4 Å². The van der Waals surface area contributed by atoms with E-state index in [0.29, 0.717) is 70.2 Å². The predicted molar refractivity (Wildman–Crippen MR) is 123 cm³/mol. The number of hydrogen-bond donors (Lipinski definition) is 2. The molecule has 0 atom stereocenters. The lowest BCUT2D eigenvalue weighted by atomic mass is 9.73. The number of nitrogens with one attached hydrogen (secondary N) is 2. The average Bonchev–Trinajstić information content (AvgIpc) is 2.86. The van der Waals surface area contributed by atoms with Crippen LogP contribution in [0.1, 0.15) is 55.3 Å². The summed E-state index contributed by atoms with van der Waals surface area (Å²) in [5.74, 6) is 0.684. The lowest BCUT2D eigenvalue weighted by molar-refractivity contribution is -0.145.